The number of aromatic nitrogens is 3. The average molecular weight is 546 g/mol. The first-order chi connectivity index (χ1) is 18.6. The van der Waals surface area contributed by atoms with Crippen LogP contribution in [0.4, 0.5) is 13.2 Å². The van der Waals surface area contributed by atoms with Gasteiger partial charge in [0.1, 0.15) is 35.6 Å². The number of aliphatic hydroxyl groups excluding tert-OH is 1. The lowest BCUT2D eigenvalue weighted by Gasteiger charge is -2.16. The number of nitrogens with zero attached hydrogens (tertiary/aromatic N) is 2. The van der Waals surface area contributed by atoms with E-state index in [1.54, 1.807) is 6.92 Å². The van der Waals surface area contributed by atoms with Gasteiger partial charge in [0.25, 0.3) is 12.3 Å². The van der Waals surface area contributed by atoms with Crippen molar-refractivity contribution in [3.05, 3.63) is 41.3 Å². The van der Waals surface area contributed by atoms with E-state index in [-0.39, 0.29) is 29.5 Å². The molecule has 9 nitrogen and oxygen atoms in total. The van der Waals surface area contributed by atoms with Gasteiger partial charge in [-0.3, -0.25) is 9.59 Å². The summed E-state index contributed by atoms with van der Waals surface area (Å²) in [6.45, 7) is 3.45. The Morgan fingerprint density at radius 3 is 2.67 bits per heavy atom. The number of amides is 2. The number of fused-ring (bicyclic) bond motifs is 1. The van der Waals surface area contributed by atoms with Crippen LogP contribution in [-0.4, -0.2) is 62.8 Å². The summed E-state index contributed by atoms with van der Waals surface area (Å²) in [4.78, 5) is 36.8. The van der Waals surface area contributed by atoms with Gasteiger partial charge in [0, 0.05) is 29.3 Å². The summed E-state index contributed by atoms with van der Waals surface area (Å²) in [7, 11) is 0. The number of halogens is 3. The summed E-state index contributed by atoms with van der Waals surface area (Å²) in [5, 5.41) is 14.7. The van der Waals surface area contributed by atoms with E-state index in [0.717, 1.165) is 12.8 Å². The number of rotatable bonds is 9. The van der Waals surface area contributed by atoms with E-state index in [1.165, 1.54) is 31.5 Å². The number of aryl methyl sites for hydroxylation is 1. The molecule has 2 aromatic heterocycles. The molecular formula is C27H30F3N5O4. The minimum atomic E-state index is -2.69. The minimum Gasteiger partial charge on any atom is -0.493 e. The van der Waals surface area contributed by atoms with E-state index in [4.69, 9.17) is 4.74 Å². The number of aromatic amines is 1. The third-order valence-corrected chi connectivity index (χ3v) is 7.21. The summed E-state index contributed by atoms with van der Waals surface area (Å²) < 4.78 is 47.8. The van der Waals surface area contributed by atoms with Crippen molar-refractivity contribution in [3.8, 4) is 17.0 Å². The van der Waals surface area contributed by atoms with E-state index >= 15 is 0 Å². The van der Waals surface area contributed by atoms with Gasteiger partial charge in [-0.2, -0.15) is 0 Å². The Kier molecular flexibility index (Phi) is 7.48. The molecule has 0 aliphatic heterocycles. The van der Waals surface area contributed by atoms with Crippen molar-refractivity contribution < 1.29 is 32.6 Å². The van der Waals surface area contributed by atoms with Crippen molar-refractivity contribution in [2.75, 3.05) is 6.61 Å². The molecule has 2 fully saturated rings. The van der Waals surface area contributed by atoms with Gasteiger partial charge in [-0.25, -0.2) is 23.1 Å². The van der Waals surface area contributed by atoms with Crippen molar-refractivity contribution >= 4 is 22.8 Å². The van der Waals surface area contributed by atoms with Gasteiger partial charge < -0.3 is 25.5 Å². The third kappa shape index (κ3) is 5.70. The third-order valence-electron chi connectivity index (χ3n) is 7.21. The minimum absolute atomic E-state index is 0.00665. The Morgan fingerprint density at radius 2 is 1.97 bits per heavy atom. The summed E-state index contributed by atoms with van der Waals surface area (Å²) in [5.74, 6) is -0.325. The predicted octanol–water partition coefficient (Wildman–Crippen LogP) is 3.76. The van der Waals surface area contributed by atoms with E-state index in [1.807, 2.05) is 0 Å². The molecule has 2 heterocycles. The van der Waals surface area contributed by atoms with Crippen LogP contribution in [0.3, 0.4) is 0 Å². The first-order valence-electron chi connectivity index (χ1n) is 12.9. The maximum atomic E-state index is 14.7. The van der Waals surface area contributed by atoms with Crippen LogP contribution in [0.25, 0.3) is 22.3 Å². The molecule has 2 amide bonds. The summed E-state index contributed by atoms with van der Waals surface area (Å²) in [6.07, 6.45) is -1.78. The van der Waals surface area contributed by atoms with Crippen molar-refractivity contribution in [3.63, 3.8) is 0 Å². The molecule has 5 rings (SSSR count). The Morgan fingerprint density at radius 1 is 1.21 bits per heavy atom. The van der Waals surface area contributed by atoms with Gasteiger partial charge in [0.2, 0.25) is 5.91 Å². The van der Waals surface area contributed by atoms with Gasteiger partial charge in [0.05, 0.1) is 23.7 Å². The van der Waals surface area contributed by atoms with E-state index in [0.29, 0.717) is 40.7 Å². The van der Waals surface area contributed by atoms with Gasteiger partial charge in [-0.05, 0) is 57.2 Å². The second kappa shape index (κ2) is 10.8. The number of carbonyl (C=O) groups excluding carboxylic acids is 2. The molecule has 0 saturated heterocycles. The Labute approximate surface area is 222 Å². The zero-order valence-electron chi connectivity index (χ0n) is 21.5. The van der Waals surface area contributed by atoms with Crippen molar-refractivity contribution in [2.24, 2.45) is 5.92 Å². The number of nitrogens with one attached hydrogen (secondary N) is 3. The molecule has 2 aliphatic carbocycles. The fourth-order valence-corrected chi connectivity index (χ4v) is 4.91. The molecule has 0 unspecified atom stereocenters. The highest BCUT2D eigenvalue weighted by Crippen LogP contribution is 2.38. The number of ether oxygens (including phenoxy) is 1. The van der Waals surface area contributed by atoms with Gasteiger partial charge in [0.15, 0.2) is 0 Å². The van der Waals surface area contributed by atoms with Crippen LogP contribution in [0.2, 0.25) is 0 Å². The Bertz CT molecular complexity index is 1390. The SMILES string of the molecule is Cc1[nH]c2c(-c3cc(C(F)F)ccc3OCC3CC3)ncnc2c1C(=O)N[C@@H]1C[C@@H](NC(=O)[C@H](C)O)C[C@H]1F. The topological polar surface area (TPSA) is 129 Å². The monoisotopic (exact) mass is 545 g/mol. The average Bonchev–Trinajstić information content (AvgIpc) is 3.57. The zero-order valence-corrected chi connectivity index (χ0v) is 21.5. The van der Waals surface area contributed by atoms with Gasteiger partial charge >= 0.3 is 0 Å². The number of alkyl halides is 3. The highest BCUT2D eigenvalue weighted by molar-refractivity contribution is 6.09. The van der Waals surface area contributed by atoms with Crippen LogP contribution >= 0.6 is 0 Å². The predicted molar refractivity (Wildman–Crippen MR) is 136 cm³/mol. The molecule has 2 saturated carbocycles. The van der Waals surface area contributed by atoms with E-state index in [2.05, 4.69) is 25.6 Å². The number of aliphatic hydroxyl groups is 1. The molecule has 0 radical (unpaired) electrons. The van der Waals surface area contributed by atoms with Crippen LogP contribution < -0.4 is 15.4 Å². The van der Waals surface area contributed by atoms with Gasteiger partial charge in [-0.15, -0.1) is 0 Å². The van der Waals surface area contributed by atoms with Crippen molar-refractivity contribution in [1.29, 1.82) is 0 Å². The fraction of sp³-hybridized carbons (Fsp3) is 0.481. The molecule has 0 spiro atoms. The maximum absolute atomic E-state index is 14.7. The molecule has 4 atom stereocenters. The van der Waals surface area contributed by atoms with Crippen molar-refractivity contribution in [2.45, 2.75) is 70.3 Å². The normalized spacial score (nSPS) is 21.8. The lowest BCUT2D eigenvalue weighted by Crippen LogP contribution is -2.41. The zero-order chi connectivity index (χ0) is 27.8. The molecule has 208 valence electrons. The van der Waals surface area contributed by atoms with E-state index < -0.39 is 42.6 Å². The molecule has 1 aromatic carbocycles. The van der Waals surface area contributed by atoms with E-state index in [9.17, 15) is 27.9 Å². The van der Waals surface area contributed by atoms with Crippen LogP contribution in [0, 0.1) is 12.8 Å². The van der Waals surface area contributed by atoms with Crippen LogP contribution in [0.5, 0.6) is 5.75 Å². The number of hydrogen-bond donors (Lipinski definition) is 4. The fourth-order valence-electron chi connectivity index (χ4n) is 4.91. The largest absolute Gasteiger partial charge is 0.493 e. The second-order valence-electron chi connectivity index (χ2n) is 10.3. The smallest absolute Gasteiger partial charge is 0.263 e. The molecule has 39 heavy (non-hydrogen) atoms. The summed E-state index contributed by atoms with van der Waals surface area (Å²) in [5.41, 5.74) is 1.73. The number of benzene rings is 1. The number of H-pyrrole nitrogens is 1. The maximum Gasteiger partial charge on any atom is 0.263 e. The molecule has 2 aliphatic rings. The molecule has 3 aromatic rings. The quantitative estimate of drug-likeness (QED) is 0.324. The highest BCUT2D eigenvalue weighted by atomic mass is 19.3. The first kappa shape index (κ1) is 26.9. The van der Waals surface area contributed by atoms with Crippen LogP contribution in [0.15, 0.2) is 24.5 Å². The van der Waals surface area contributed by atoms with Gasteiger partial charge in [-0.1, -0.05) is 0 Å². The molecule has 12 heteroatoms. The number of carbonyl (C=O) groups is 2. The standard InChI is InChI=1S/C27H30F3N5O4/c1-12-21(27(38)35-19-9-16(8-18(19)28)34-26(37)13(2)36)23-24(33-12)22(31-11-32-23)17-7-15(25(29)30)5-6-20(17)39-10-14-3-4-14/h5-7,11,13-14,16,18-19,25,33,36H,3-4,8-10H2,1-2H3,(H,34,37)(H,35,38)/t13-,16-,18+,19+/m0/s1. The molecule has 0 bridgehead atoms. The first-order valence-corrected chi connectivity index (χ1v) is 12.9. The van der Waals surface area contributed by atoms with Crippen molar-refractivity contribution in [1.82, 2.24) is 25.6 Å². The summed E-state index contributed by atoms with van der Waals surface area (Å²) in [6, 6.07) is 2.78. The second-order valence-corrected chi connectivity index (χ2v) is 10.3. The lowest BCUT2D eigenvalue weighted by atomic mass is 10.0. The highest BCUT2D eigenvalue weighted by Gasteiger charge is 2.37. The van der Waals surface area contributed by atoms with Crippen LogP contribution in [0.1, 0.15) is 60.6 Å². The number of hydrogen-bond acceptors (Lipinski definition) is 6. The lowest BCUT2D eigenvalue weighted by molar-refractivity contribution is -0.129. The Hall–Kier alpha value is -3.67. The summed E-state index contributed by atoms with van der Waals surface area (Å²) >= 11 is 0. The van der Waals surface area contributed by atoms with Crippen LogP contribution in [-0.2, 0) is 4.79 Å². The molecular weight excluding hydrogens is 515 g/mol. The molecule has 4 N–H and O–H groups in total. The Balaban J connectivity index is 1.43.